The van der Waals surface area contributed by atoms with Gasteiger partial charge in [-0.15, -0.1) is 0 Å². The van der Waals surface area contributed by atoms with Gasteiger partial charge in [-0.25, -0.2) is 0 Å². The molecule has 1 aliphatic carbocycles. The molecule has 1 aromatic rings. The summed E-state index contributed by atoms with van der Waals surface area (Å²) in [6.07, 6.45) is 6.59. The summed E-state index contributed by atoms with van der Waals surface area (Å²) in [5, 5.41) is 10.5. The van der Waals surface area contributed by atoms with Crippen molar-refractivity contribution in [2.75, 3.05) is 13.6 Å². The van der Waals surface area contributed by atoms with Gasteiger partial charge in [-0.3, -0.25) is 4.90 Å². The molecule has 4 heteroatoms. The average Bonchev–Trinajstić information content (AvgIpc) is 3.01. The third-order valence-corrected chi connectivity index (χ3v) is 4.26. The van der Waals surface area contributed by atoms with Crippen molar-refractivity contribution in [3.8, 4) is 0 Å². The van der Waals surface area contributed by atoms with Crippen LogP contribution >= 0.6 is 0 Å². The third-order valence-electron chi connectivity index (χ3n) is 4.26. The van der Waals surface area contributed by atoms with E-state index in [-0.39, 0.29) is 12.1 Å². The topological polar surface area (TPSA) is 62.6 Å². The number of hydrogen-bond acceptors (Lipinski definition) is 4. The molecule has 0 spiro atoms. The maximum atomic E-state index is 10.5. The summed E-state index contributed by atoms with van der Waals surface area (Å²) in [4.78, 5) is 2.15. The van der Waals surface area contributed by atoms with Crippen LogP contribution in [0.5, 0.6) is 0 Å². The Hall–Kier alpha value is -0.840. The highest BCUT2D eigenvalue weighted by Gasteiger charge is 2.36. The van der Waals surface area contributed by atoms with Gasteiger partial charge in [-0.05, 0) is 38.4 Å². The third kappa shape index (κ3) is 3.38. The zero-order valence-corrected chi connectivity index (χ0v) is 12.0. The minimum Gasteiger partial charge on any atom is -0.468 e. The van der Waals surface area contributed by atoms with Gasteiger partial charge in [0.25, 0.3) is 0 Å². The van der Waals surface area contributed by atoms with Gasteiger partial charge >= 0.3 is 0 Å². The average molecular weight is 266 g/mol. The van der Waals surface area contributed by atoms with E-state index in [1.165, 1.54) is 0 Å². The van der Waals surface area contributed by atoms with Crippen molar-refractivity contribution in [3.63, 3.8) is 0 Å². The fourth-order valence-electron chi connectivity index (χ4n) is 3.19. The van der Waals surface area contributed by atoms with E-state index >= 15 is 0 Å². The lowest BCUT2D eigenvalue weighted by Gasteiger charge is -2.35. The van der Waals surface area contributed by atoms with E-state index in [4.69, 9.17) is 10.2 Å². The van der Waals surface area contributed by atoms with Crippen LogP contribution in [0.15, 0.2) is 22.8 Å². The molecule has 3 N–H and O–H groups in total. The Bertz CT molecular complexity index is 372. The van der Waals surface area contributed by atoms with Crippen LogP contribution in [-0.2, 0) is 0 Å². The minimum atomic E-state index is -0.549. The summed E-state index contributed by atoms with van der Waals surface area (Å²) in [6.45, 7) is 2.74. The van der Waals surface area contributed by atoms with Gasteiger partial charge in [0.2, 0.25) is 0 Å². The van der Waals surface area contributed by atoms with Crippen molar-refractivity contribution in [1.29, 1.82) is 0 Å². The second-order valence-electron chi connectivity index (χ2n) is 5.88. The number of rotatable bonds is 6. The Labute approximate surface area is 115 Å². The Morgan fingerprint density at radius 3 is 2.68 bits per heavy atom. The van der Waals surface area contributed by atoms with E-state index in [0.717, 1.165) is 37.9 Å². The number of nitrogens with two attached hydrogens (primary N) is 1. The molecule has 0 amide bonds. The van der Waals surface area contributed by atoms with E-state index in [1.54, 1.807) is 6.26 Å². The van der Waals surface area contributed by atoms with Crippen molar-refractivity contribution >= 4 is 0 Å². The maximum Gasteiger partial charge on any atom is 0.122 e. The molecule has 1 aliphatic rings. The van der Waals surface area contributed by atoms with Crippen molar-refractivity contribution in [1.82, 2.24) is 4.90 Å². The molecule has 1 fully saturated rings. The van der Waals surface area contributed by atoms with E-state index in [9.17, 15) is 5.11 Å². The lowest BCUT2D eigenvalue weighted by molar-refractivity contribution is -0.00115. The first-order valence-corrected chi connectivity index (χ1v) is 7.27. The fraction of sp³-hybridized carbons (Fsp3) is 0.733. The molecule has 108 valence electrons. The summed E-state index contributed by atoms with van der Waals surface area (Å²) in [6, 6.07) is 3.91. The molecular weight excluding hydrogens is 240 g/mol. The standard InChI is InChI=1S/C15H26N2O2/c1-3-12(16)14(13-7-6-10-19-13)17(2)11-15(18)8-4-5-9-15/h6-7,10,12,14,18H,3-5,8-9,11,16H2,1-2H3. The molecule has 1 saturated carbocycles. The Morgan fingerprint density at radius 2 is 2.16 bits per heavy atom. The first kappa shape index (κ1) is 14.6. The molecule has 0 aromatic carbocycles. The molecule has 1 heterocycles. The van der Waals surface area contributed by atoms with Gasteiger partial charge in [-0.1, -0.05) is 19.8 Å². The van der Waals surface area contributed by atoms with Crippen LogP contribution in [0.3, 0.4) is 0 Å². The van der Waals surface area contributed by atoms with Gasteiger partial charge in [0.15, 0.2) is 0 Å². The highest BCUT2D eigenvalue weighted by Crippen LogP contribution is 2.33. The summed E-state index contributed by atoms with van der Waals surface area (Å²) >= 11 is 0. The largest absolute Gasteiger partial charge is 0.468 e. The van der Waals surface area contributed by atoms with Crippen LogP contribution in [0.1, 0.15) is 50.8 Å². The van der Waals surface area contributed by atoms with Crippen molar-refractivity contribution in [3.05, 3.63) is 24.2 Å². The second kappa shape index (κ2) is 6.07. The molecule has 0 saturated heterocycles. The zero-order chi connectivity index (χ0) is 13.9. The lowest BCUT2D eigenvalue weighted by Crippen LogP contribution is -2.46. The molecule has 2 atom stereocenters. The number of furan rings is 1. The van der Waals surface area contributed by atoms with Crippen LogP contribution in [0.25, 0.3) is 0 Å². The Balaban J connectivity index is 2.09. The van der Waals surface area contributed by atoms with Crippen LogP contribution in [0, 0.1) is 0 Å². The van der Waals surface area contributed by atoms with Crippen LogP contribution in [0.2, 0.25) is 0 Å². The van der Waals surface area contributed by atoms with E-state index in [1.807, 2.05) is 19.2 Å². The predicted octanol–water partition coefficient (Wildman–Crippen LogP) is 2.29. The van der Waals surface area contributed by atoms with Gasteiger partial charge in [0.05, 0.1) is 17.9 Å². The second-order valence-corrected chi connectivity index (χ2v) is 5.88. The van der Waals surface area contributed by atoms with Gasteiger partial charge in [0.1, 0.15) is 5.76 Å². The van der Waals surface area contributed by atoms with Crippen molar-refractivity contribution in [2.45, 2.75) is 56.7 Å². The highest BCUT2D eigenvalue weighted by molar-refractivity contribution is 5.08. The molecule has 0 bridgehead atoms. The van der Waals surface area contributed by atoms with Crippen LogP contribution in [-0.4, -0.2) is 35.2 Å². The van der Waals surface area contributed by atoms with Crippen molar-refractivity contribution < 1.29 is 9.52 Å². The first-order chi connectivity index (χ1) is 9.06. The summed E-state index contributed by atoms with van der Waals surface area (Å²) in [7, 11) is 2.03. The summed E-state index contributed by atoms with van der Waals surface area (Å²) in [5.41, 5.74) is 5.69. The van der Waals surface area contributed by atoms with E-state index in [0.29, 0.717) is 6.54 Å². The number of aliphatic hydroxyl groups is 1. The fourth-order valence-corrected chi connectivity index (χ4v) is 3.19. The molecule has 2 rings (SSSR count). The van der Waals surface area contributed by atoms with E-state index in [2.05, 4.69) is 11.8 Å². The molecule has 19 heavy (non-hydrogen) atoms. The monoisotopic (exact) mass is 266 g/mol. The zero-order valence-electron chi connectivity index (χ0n) is 12.0. The SMILES string of the molecule is CCC(N)C(c1ccco1)N(C)CC1(O)CCCC1. The number of likely N-dealkylation sites (N-methyl/N-ethyl adjacent to an activating group) is 1. The predicted molar refractivity (Wildman–Crippen MR) is 75.8 cm³/mol. The van der Waals surface area contributed by atoms with Crippen molar-refractivity contribution in [2.24, 2.45) is 5.73 Å². The number of nitrogens with zero attached hydrogens (tertiary/aromatic N) is 1. The van der Waals surface area contributed by atoms with E-state index < -0.39 is 5.60 Å². The lowest BCUT2D eigenvalue weighted by atomic mass is 9.97. The molecule has 0 aliphatic heterocycles. The van der Waals surface area contributed by atoms with Crippen LogP contribution < -0.4 is 5.73 Å². The first-order valence-electron chi connectivity index (χ1n) is 7.27. The van der Waals surface area contributed by atoms with Crippen LogP contribution in [0.4, 0.5) is 0 Å². The smallest absolute Gasteiger partial charge is 0.122 e. The normalized spacial score (nSPS) is 21.7. The summed E-state index contributed by atoms with van der Waals surface area (Å²) in [5.74, 6) is 0.887. The van der Waals surface area contributed by atoms with Gasteiger partial charge < -0.3 is 15.3 Å². The summed E-state index contributed by atoms with van der Waals surface area (Å²) < 4.78 is 5.53. The molecule has 2 unspecified atom stereocenters. The maximum absolute atomic E-state index is 10.5. The molecule has 4 nitrogen and oxygen atoms in total. The minimum absolute atomic E-state index is 0.0150. The van der Waals surface area contributed by atoms with Gasteiger partial charge in [0, 0.05) is 12.6 Å². The molecule has 0 radical (unpaired) electrons. The molecule has 1 aromatic heterocycles. The molecular formula is C15H26N2O2. The quantitative estimate of drug-likeness (QED) is 0.829. The Kier molecular flexibility index (Phi) is 4.66. The number of hydrogen-bond donors (Lipinski definition) is 2. The highest BCUT2D eigenvalue weighted by atomic mass is 16.3. The Morgan fingerprint density at radius 1 is 1.47 bits per heavy atom. The van der Waals surface area contributed by atoms with Gasteiger partial charge in [-0.2, -0.15) is 0 Å².